The third-order valence-electron chi connectivity index (χ3n) is 6.42. The molecule has 5 heteroatoms. The van der Waals surface area contributed by atoms with Gasteiger partial charge in [0.1, 0.15) is 5.76 Å². The number of carbonyl (C=O) groups is 1. The molecule has 1 aromatic rings. The Balaban J connectivity index is 1.49. The Morgan fingerprint density at radius 3 is 3.09 bits per heavy atom. The third-order valence-corrected chi connectivity index (χ3v) is 6.42. The molecular formula is C18H27N3O2. The van der Waals surface area contributed by atoms with Crippen molar-refractivity contribution in [3.63, 3.8) is 0 Å². The average Bonchev–Trinajstić information content (AvgIpc) is 2.95. The van der Waals surface area contributed by atoms with Gasteiger partial charge in [0.2, 0.25) is 5.91 Å². The lowest BCUT2D eigenvalue weighted by molar-refractivity contribution is -0.117. The van der Waals surface area contributed by atoms with Crippen molar-refractivity contribution in [2.24, 2.45) is 17.1 Å². The minimum Gasteiger partial charge on any atom is -0.359 e. The van der Waals surface area contributed by atoms with E-state index >= 15 is 0 Å². The lowest BCUT2D eigenvalue weighted by atomic mass is 9.42. The summed E-state index contributed by atoms with van der Waals surface area (Å²) >= 11 is 0. The Morgan fingerprint density at radius 2 is 2.30 bits per heavy atom. The monoisotopic (exact) mass is 317 g/mol. The van der Waals surface area contributed by atoms with Crippen LogP contribution in [0.3, 0.4) is 0 Å². The molecule has 1 spiro atoms. The predicted molar refractivity (Wildman–Crippen MR) is 87.9 cm³/mol. The summed E-state index contributed by atoms with van der Waals surface area (Å²) in [6, 6.07) is 1.47. The number of nitrogens with zero attached hydrogens (tertiary/aromatic N) is 1. The van der Waals surface area contributed by atoms with E-state index in [-0.39, 0.29) is 11.3 Å². The van der Waals surface area contributed by atoms with E-state index in [9.17, 15) is 4.79 Å². The minimum absolute atomic E-state index is 0.168. The fourth-order valence-corrected chi connectivity index (χ4v) is 5.64. The van der Waals surface area contributed by atoms with Crippen LogP contribution in [0.15, 0.2) is 10.6 Å². The Kier molecular flexibility index (Phi) is 3.52. The number of hydrogen-bond donors (Lipinski definition) is 2. The molecule has 5 nitrogen and oxygen atoms in total. The van der Waals surface area contributed by atoms with Gasteiger partial charge >= 0.3 is 0 Å². The second-order valence-electron chi connectivity index (χ2n) is 8.25. The van der Waals surface area contributed by atoms with Crippen LogP contribution in [0, 0.1) is 11.3 Å². The van der Waals surface area contributed by atoms with E-state index in [1.807, 2.05) is 13.0 Å². The molecule has 0 radical (unpaired) electrons. The van der Waals surface area contributed by atoms with Crippen LogP contribution in [-0.2, 0) is 10.2 Å². The number of amides is 1. The molecular weight excluding hydrogens is 290 g/mol. The Bertz CT molecular complexity index is 600. The molecule has 1 amide bonds. The maximum atomic E-state index is 12.0. The van der Waals surface area contributed by atoms with Crippen LogP contribution in [0.2, 0.25) is 0 Å². The fourth-order valence-electron chi connectivity index (χ4n) is 5.64. The molecule has 1 aromatic heterocycles. The first kappa shape index (κ1) is 15.2. The lowest BCUT2D eigenvalue weighted by Gasteiger charge is -2.62. The van der Waals surface area contributed by atoms with Crippen molar-refractivity contribution in [1.29, 1.82) is 0 Å². The van der Waals surface area contributed by atoms with Gasteiger partial charge in [0.25, 0.3) is 0 Å². The summed E-state index contributed by atoms with van der Waals surface area (Å²) in [5, 5.41) is 6.90. The zero-order valence-corrected chi connectivity index (χ0v) is 13.9. The van der Waals surface area contributed by atoms with Gasteiger partial charge in [-0.25, -0.2) is 0 Å². The highest BCUT2D eigenvalue weighted by atomic mass is 16.5. The van der Waals surface area contributed by atoms with Crippen LogP contribution < -0.4 is 11.1 Å². The van der Waals surface area contributed by atoms with Gasteiger partial charge in [-0.3, -0.25) is 4.79 Å². The molecule has 4 fully saturated rings. The van der Waals surface area contributed by atoms with Crippen molar-refractivity contribution in [1.82, 2.24) is 5.16 Å². The summed E-state index contributed by atoms with van der Waals surface area (Å²) in [6.07, 6.45) is 10.8. The van der Waals surface area contributed by atoms with Crippen LogP contribution in [0.5, 0.6) is 0 Å². The number of nitrogens with two attached hydrogens (primary N) is 1. The molecule has 0 aliphatic heterocycles. The highest BCUT2D eigenvalue weighted by molar-refractivity contribution is 5.93. The average molecular weight is 317 g/mol. The summed E-state index contributed by atoms with van der Waals surface area (Å²) in [5.41, 5.74) is 6.61. The number of aromatic nitrogens is 1. The van der Waals surface area contributed by atoms with E-state index in [1.165, 1.54) is 44.9 Å². The summed E-state index contributed by atoms with van der Waals surface area (Å²) in [4.78, 5) is 12.0. The number of carbonyl (C=O) groups excluding carboxylic acids is 1. The summed E-state index contributed by atoms with van der Waals surface area (Å²) in [6.45, 7) is 2.02. The maximum absolute atomic E-state index is 12.0. The summed E-state index contributed by atoms with van der Waals surface area (Å²) in [5.74, 6) is 2.19. The standard InChI is InChI=1S/C18H27N3O2/c1-2-4-13(19)16(22)20-15-7-14(23-21-15)18-6-3-5-17(11-18)8-12(9-17)10-18/h7,12-13H,2-6,8-11,19H2,1H3,(H,20,21,22)/t12?,13-,17?,18?/m0/s1. The zero-order valence-electron chi connectivity index (χ0n) is 13.9. The van der Waals surface area contributed by atoms with Gasteiger partial charge in [0, 0.05) is 11.5 Å². The molecule has 4 aliphatic rings. The predicted octanol–water partition coefficient (Wildman–Crippen LogP) is 3.35. The van der Waals surface area contributed by atoms with Gasteiger partial charge in [-0.2, -0.15) is 0 Å². The fraction of sp³-hybridized carbons (Fsp3) is 0.778. The first-order valence-corrected chi connectivity index (χ1v) is 9.08. The number of anilines is 1. The second-order valence-corrected chi connectivity index (χ2v) is 8.25. The van der Waals surface area contributed by atoms with E-state index in [0.717, 1.165) is 18.1 Å². The van der Waals surface area contributed by atoms with Crippen LogP contribution in [0.1, 0.15) is 70.5 Å². The van der Waals surface area contributed by atoms with E-state index in [0.29, 0.717) is 17.7 Å². The zero-order chi connectivity index (χ0) is 16.1. The van der Waals surface area contributed by atoms with Crippen molar-refractivity contribution in [3.8, 4) is 0 Å². The highest BCUT2D eigenvalue weighted by Gasteiger charge is 2.59. The van der Waals surface area contributed by atoms with Crippen molar-refractivity contribution < 1.29 is 9.32 Å². The molecule has 126 valence electrons. The molecule has 3 bridgehead atoms. The normalized spacial score (nSPS) is 36.2. The van der Waals surface area contributed by atoms with E-state index in [4.69, 9.17) is 10.3 Å². The van der Waals surface area contributed by atoms with Crippen LogP contribution >= 0.6 is 0 Å². The molecule has 1 unspecified atom stereocenters. The Labute approximate surface area is 137 Å². The first-order chi connectivity index (χ1) is 11.0. The van der Waals surface area contributed by atoms with Gasteiger partial charge in [-0.05, 0) is 56.3 Å². The van der Waals surface area contributed by atoms with Crippen molar-refractivity contribution in [3.05, 3.63) is 11.8 Å². The van der Waals surface area contributed by atoms with E-state index in [2.05, 4.69) is 10.5 Å². The van der Waals surface area contributed by atoms with Gasteiger partial charge in [-0.15, -0.1) is 0 Å². The van der Waals surface area contributed by atoms with Gasteiger partial charge in [0.05, 0.1) is 6.04 Å². The quantitative estimate of drug-likeness (QED) is 0.872. The van der Waals surface area contributed by atoms with Gasteiger partial charge in [-0.1, -0.05) is 24.9 Å². The molecule has 2 atom stereocenters. The molecule has 0 aromatic carbocycles. The number of rotatable bonds is 5. The Hall–Kier alpha value is -1.36. The van der Waals surface area contributed by atoms with Crippen molar-refractivity contribution in [2.75, 3.05) is 5.32 Å². The number of nitrogens with one attached hydrogen (secondary N) is 1. The molecule has 0 saturated heterocycles. The SMILES string of the molecule is CCC[C@H](N)C(=O)Nc1cc(C23CCCC4(CC(C4)C2)C3)on1. The van der Waals surface area contributed by atoms with Crippen molar-refractivity contribution >= 4 is 11.7 Å². The minimum atomic E-state index is -0.474. The molecule has 5 rings (SSSR count). The third kappa shape index (κ3) is 2.49. The second kappa shape index (κ2) is 5.33. The summed E-state index contributed by atoms with van der Waals surface area (Å²) in [7, 11) is 0. The highest BCUT2D eigenvalue weighted by Crippen LogP contribution is 2.68. The molecule has 4 saturated carbocycles. The summed E-state index contributed by atoms with van der Waals surface area (Å²) < 4.78 is 5.68. The maximum Gasteiger partial charge on any atom is 0.242 e. The van der Waals surface area contributed by atoms with E-state index in [1.54, 1.807) is 0 Å². The lowest BCUT2D eigenvalue weighted by Crippen LogP contribution is -2.54. The largest absolute Gasteiger partial charge is 0.359 e. The first-order valence-electron chi connectivity index (χ1n) is 9.08. The van der Waals surface area contributed by atoms with E-state index < -0.39 is 6.04 Å². The molecule has 3 N–H and O–H groups in total. The molecule has 4 aliphatic carbocycles. The number of hydrogen-bond acceptors (Lipinski definition) is 4. The van der Waals surface area contributed by atoms with Crippen molar-refractivity contribution in [2.45, 2.75) is 76.2 Å². The van der Waals surface area contributed by atoms with Gasteiger partial charge in [0.15, 0.2) is 5.82 Å². The van der Waals surface area contributed by atoms with Crippen LogP contribution in [-0.4, -0.2) is 17.1 Å². The van der Waals surface area contributed by atoms with Crippen LogP contribution in [0.4, 0.5) is 5.82 Å². The molecule has 1 heterocycles. The topological polar surface area (TPSA) is 81.2 Å². The smallest absolute Gasteiger partial charge is 0.242 e. The van der Waals surface area contributed by atoms with Crippen LogP contribution in [0.25, 0.3) is 0 Å². The van der Waals surface area contributed by atoms with Gasteiger partial charge < -0.3 is 15.6 Å². The Morgan fingerprint density at radius 1 is 1.48 bits per heavy atom. The molecule has 23 heavy (non-hydrogen) atoms.